The SMILES string of the molecule is CC1(C)C(Oc2ccc(C#N)c(Cl)c2)C(C)(C)C1N1C=CN=C(N)C1. The van der Waals surface area contributed by atoms with E-state index in [-0.39, 0.29) is 23.0 Å². The first-order chi connectivity index (χ1) is 11.7. The highest BCUT2D eigenvalue weighted by atomic mass is 35.5. The summed E-state index contributed by atoms with van der Waals surface area (Å²) in [5, 5.41) is 9.42. The van der Waals surface area contributed by atoms with Gasteiger partial charge in [0.05, 0.1) is 17.1 Å². The lowest BCUT2D eigenvalue weighted by atomic mass is 9.49. The molecule has 0 bridgehead atoms. The normalized spacial score (nSPS) is 26.4. The number of rotatable bonds is 3. The standard InChI is InChI=1S/C19H23ClN4O/c1-18(2)16(24-8-7-23-15(22)11-24)19(3,4)17(18)25-13-6-5-12(10-21)14(20)9-13/h5-9,16-17H,11H2,1-4H3,(H2,22,23). The Hall–Kier alpha value is -2.19. The fourth-order valence-electron chi connectivity index (χ4n) is 4.74. The number of hydrogen-bond acceptors (Lipinski definition) is 5. The number of nitrogens with zero attached hydrogens (tertiary/aromatic N) is 3. The zero-order chi connectivity index (χ0) is 18.4. The molecule has 1 aliphatic carbocycles. The van der Waals surface area contributed by atoms with Gasteiger partial charge in [-0.25, -0.2) is 4.99 Å². The summed E-state index contributed by atoms with van der Waals surface area (Å²) in [5.74, 6) is 1.31. The number of aliphatic imine (C=N–C) groups is 1. The van der Waals surface area contributed by atoms with Crippen LogP contribution in [0.2, 0.25) is 5.02 Å². The van der Waals surface area contributed by atoms with Gasteiger partial charge < -0.3 is 15.4 Å². The number of ether oxygens (including phenoxy) is 1. The second-order valence-corrected chi connectivity index (χ2v) is 8.29. The molecule has 1 heterocycles. The Kier molecular flexibility index (Phi) is 4.20. The molecule has 6 heteroatoms. The number of benzene rings is 1. The van der Waals surface area contributed by atoms with Crippen LogP contribution in [-0.2, 0) is 0 Å². The predicted octanol–water partition coefficient (Wildman–Crippen LogP) is 3.54. The maximum absolute atomic E-state index is 9.01. The highest BCUT2D eigenvalue weighted by molar-refractivity contribution is 6.31. The van der Waals surface area contributed by atoms with Gasteiger partial charge in [-0.15, -0.1) is 0 Å². The summed E-state index contributed by atoms with van der Waals surface area (Å²) in [7, 11) is 0. The van der Waals surface area contributed by atoms with E-state index in [1.807, 2.05) is 6.20 Å². The van der Waals surface area contributed by atoms with E-state index >= 15 is 0 Å². The number of nitriles is 1. The van der Waals surface area contributed by atoms with Crippen LogP contribution >= 0.6 is 11.6 Å². The summed E-state index contributed by atoms with van der Waals surface area (Å²) in [6.07, 6.45) is 3.75. The van der Waals surface area contributed by atoms with Crippen LogP contribution < -0.4 is 10.5 Å². The summed E-state index contributed by atoms with van der Waals surface area (Å²) >= 11 is 6.14. The van der Waals surface area contributed by atoms with E-state index in [2.05, 4.69) is 43.7 Å². The van der Waals surface area contributed by atoms with Gasteiger partial charge in [-0.2, -0.15) is 5.26 Å². The van der Waals surface area contributed by atoms with E-state index < -0.39 is 0 Å². The van der Waals surface area contributed by atoms with Gasteiger partial charge in [0.1, 0.15) is 23.8 Å². The zero-order valence-corrected chi connectivity index (χ0v) is 15.7. The van der Waals surface area contributed by atoms with Gasteiger partial charge in [-0.05, 0) is 12.1 Å². The Bertz CT molecular complexity index is 775. The molecule has 2 N–H and O–H groups in total. The molecule has 5 nitrogen and oxygen atoms in total. The van der Waals surface area contributed by atoms with Crippen LogP contribution in [0.5, 0.6) is 5.75 Å². The van der Waals surface area contributed by atoms with E-state index in [0.29, 0.717) is 28.7 Å². The quantitative estimate of drug-likeness (QED) is 0.896. The highest BCUT2D eigenvalue weighted by Gasteiger charge is 2.65. The van der Waals surface area contributed by atoms with Crippen LogP contribution in [0.4, 0.5) is 0 Å². The van der Waals surface area contributed by atoms with E-state index in [9.17, 15) is 0 Å². The molecule has 132 valence electrons. The Morgan fingerprint density at radius 2 is 2.00 bits per heavy atom. The Morgan fingerprint density at radius 1 is 1.32 bits per heavy atom. The molecule has 3 rings (SSSR count). The predicted molar refractivity (Wildman–Crippen MR) is 99.4 cm³/mol. The van der Waals surface area contributed by atoms with Crippen molar-refractivity contribution in [3.05, 3.63) is 41.2 Å². The third kappa shape index (κ3) is 2.85. The van der Waals surface area contributed by atoms with Gasteiger partial charge in [0.15, 0.2) is 0 Å². The van der Waals surface area contributed by atoms with Crippen molar-refractivity contribution in [3.63, 3.8) is 0 Å². The van der Waals surface area contributed by atoms with Gasteiger partial charge in [0.25, 0.3) is 0 Å². The van der Waals surface area contributed by atoms with E-state index in [1.54, 1.807) is 24.4 Å². The molecule has 0 atom stereocenters. The fraction of sp³-hybridized carbons (Fsp3) is 0.474. The number of halogens is 1. The van der Waals surface area contributed by atoms with Crippen LogP contribution in [0.1, 0.15) is 33.3 Å². The van der Waals surface area contributed by atoms with Gasteiger partial charge in [0.2, 0.25) is 0 Å². The van der Waals surface area contributed by atoms with Crippen molar-refractivity contribution >= 4 is 17.4 Å². The topological polar surface area (TPSA) is 74.6 Å². The molecule has 1 fully saturated rings. The molecule has 2 aliphatic rings. The van der Waals surface area contributed by atoms with Crippen molar-refractivity contribution in [1.82, 2.24) is 4.90 Å². The minimum atomic E-state index is -0.0914. The van der Waals surface area contributed by atoms with Crippen LogP contribution in [0.15, 0.2) is 35.6 Å². The second-order valence-electron chi connectivity index (χ2n) is 7.89. The van der Waals surface area contributed by atoms with E-state index in [0.717, 1.165) is 0 Å². The van der Waals surface area contributed by atoms with Crippen molar-refractivity contribution in [3.8, 4) is 11.8 Å². The summed E-state index contributed by atoms with van der Waals surface area (Å²) in [4.78, 5) is 6.37. The number of amidine groups is 1. The molecule has 0 unspecified atom stereocenters. The molecule has 1 aliphatic heterocycles. The van der Waals surface area contributed by atoms with Gasteiger partial charge >= 0.3 is 0 Å². The first kappa shape index (κ1) is 17.6. The Balaban J connectivity index is 1.82. The third-order valence-corrected chi connectivity index (χ3v) is 5.56. The minimum Gasteiger partial charge on any atom is -0.489 e. The minimum absolute atomic E-state index is 0.00231. The summed E-state index contributed by atoms with van der Waals surface area (Å²) in [6, 6.07) is 7.54. The van der Waals surface area contributed by atoms with Gasteiger partial charge in [0, 0.05) is 35.3 Å². The van der Waals surface area contributed by atoms with E-state index in [1.165, 1.54) is 0 Å². The van der Waals surface area contributed by atoms with E-state index in [4.69, 9.17) is 27.3 Å². The molecular formula is C19H23ClN4O. The van der Waals surface area contributed by atoms with Crippen molar-refractivity contribution in [2.75, 3.05) is 6.54 Å². The molecular weight excluding hydrogens is 336 g/mol. The Morgan fingerprint density at radius 3 is 2.56 bits per heavy atom. The smallest absolute Gasteiger partial charge is 0.121 e. The monoisotopic (exact) mass is 358 g/mol. The van der Waals surface area contributed by atoms with Crippen molar-refractivity contribution < 1.29 is 4.74 Å². The molecule has 1 aromatic rings. The lowest BCUT2D eigenvalue weighted by Gasteiger charge is -2.66. The van der Waals surface area contributed by atoms with Gasteiger partial charge in [-0.1, -0.05) is 39.3 Å². The maximum Gasteiger partial charge on any atom is 0.121 e. The largest absolute Gasteiger partial charge is 0.489 e. The average molecular weight is 359 g/mol. The molecule has 0 saturated heterocycles. The number of nitrogens with two attached hydrogens (primary N) is 1. The molecule has 0 radical (unpaired) electrons. The van der Waals surface area contributed by atoms with Crippen LogP contribution in [0, 0.1) is 22.2 Å². The average Bonchev–Trinajstić information content (AvgIpc) is 2.52. The number of hydrogen-bond donors (Lipinski definition) is 1. The van der Waals surface area contributed by atoms with Crippen LogP contribution in [0.3, 0.4) is 0 Å². The third-order valence-electron chi connectivity index (χ3n) is 5.25. The maximum atomic E-state index is 9.01. The van der Waals surface area contributed by atoms with Crippen molar-refractivity contribution in [1.29, 1.82) is 5.26 Å². The first-order valence-corrected chi connectivity index (χ1v) is 8.66. The summed E-state index contributed by atoms with van der Waals surface area (Å²) in [5.41, 5.74) is 6.17. The van der Waals surface area contributed by atoms with Crippen molar-refractivity contribution in [2.45, 2.75) is 39.8 Å². The molecule has 0 spiro atoms. The van der Waals surface area contributed by atoms with Crippen molar-refractivity contribution in [2.24, 2.45) is 21.6 Å². The highest BCUT2D eigenvalue weighted by Crippen LogP contribution is 2.58. The first-order valence-electron chi connectivity index (χ1n) is 8.29. The lowest BCUT2D eigenvalue weighted by molar-refractivity contribution is -0.197. The summed E-state index contributed by atoms with van der Waals surface area (Å²) in [6.45, 7) is 9.44. The lowest BCUT2D eigenvalue weighted by Crippen LogP contribution is -2.74. The molecule has 1 saturated carbocycles. The van der Waals surface area contributed by atoms with Crippen LogP contribution in [-0.4, -0.2) is 29.4 Å². The molecule has 25 heavy (non-hydrogen) atoms. The van der Waals surface area contributed by atoms with Crippen LogP contribution in [0.25, 0.3) is 0 Å². The zero-order valence-electron chi connectivity index (χ0n) is 15.0. The molecule has 0 aromatic heterocycles. The molecule has 1 aromatic carbocycles. The Labute approximate surface area is 153 Å². The van der Waals surface area contributed by atoms with Gasteiger partial charge in [-0.3, -0.25) is 0 Å². The molecule has 0 amide bonds. The second kappa shape index (κ2) is 5.96. The summed E-state index contributed by atoms with van der Waals surface area (Å²) < 4.78 is 6.30. The fourth-order valence-corrected chi connectivity index (χ4v) is 4.95.